The van der Waals surface area contributed by atoms with Gasteiger partial charge < -0.3 is 20.1 Å². The van der Waals surface area contributed by atoms with Crippen LogP contribution in [-0.2, 0) is 27.4 Å². The van der Waals surface area contributed by atoms with Crippen LogP contribution in [0.4, 0.5) is 0 Å². The molecule has 0 spiro atoms. The number of aliphatic hydroxyl groups is 1. The summed E-state index contributed by atoms with van der Waals surface area (Å²) in [6.07, 6.45) is 2.80. The molecule has 3 N–H and O–H groups in total. The van der Waals surface area contributed by atoms with Gasteiger partial charge in [-0.2, -0.15) is 0 Å². The summed E-state index contributed by atoms with van der Waals surface area (Å²) in [5.41, 5.74) is 1.19. The smallest absolute Gasteiger partial charge is 0.414 e. The van der Waals surface area contributed by atoms with E-state index in [0.717, 1.165) is 24.1 Å². The molecular formula is C22H26O6S. The SMILES string of the molecule is CC(CO)CCc1ccc(C#CCCOCc2ccccc2)s1.O=C(O)C(=O)O. The summed E-state index contributed by atoms with van der Waals surface area (Å²) in [5, 5.41) is 23.8. The van der Waals surface area contributed by atoms with E-state index < -0.39 is 11.9 Å². The Labute approximate surface area is 174 Å². The van der Waals surface area contributed by atoms with Crippen LogP contribution < -0.4 is 0 Å². The number of carboxylic acids is 2. The Hall–Kier alpha value is -2.66. The molecule has 2 aromatic rings. The highest BCUT2D eigenvalue weighted by atomic mass is 32.1. The number of thiophene rings is 1. The molecule has 1 unspecified atom stereocenters. The predicted molar refractivity (Wildman–Crippen MR) is 112 cm³/mol. The Bertz CT molecular complexity index is 791. The van der Waals surface area contributed by atoms with E-state index in [1.807, 2.05) is 18.2 Å². The van der Waals surface area contributed by atoms with Crippen LogP contribution in [0, 0.1) is 17.8 Å². The zero-order chi connectivity index (χ0) is 21.5. The van der Waals surface area contributed by atoms with Crippen molar-refractivity contribution in [3.63, 3.8) is 0 Å². The van der Waals surface area contributed by atoms with Crippen molar-refractivity contribution in [3.8, 4) is 11.8 Å². The van der Waals surface area contributed by atoms with Crippen LogP contribution in [0.25, 0.3) is 0 Å². The lowest BCUT2D eigenvalue weighted by Gasteiger charge is -2.04. The van der Waals surface area contributed by atoms with Gasteiger partial charge in [0.2, 0.25) is 0 Å². The first-order chi connectivity index (χ1) is 13.9. The summed E-state index contributed by atoms with van der Waals surface area (Å²) < 4.78 is 5.62. The normalized spacial score (nSPS) is 10.8. The number of aliphatic hydroxyl groups excluding tert-OH is 1. The van der Waals surface area contributed by atoms with E-state index in [2.05, 4.69) is 43.0 Å². The van der Waals surface area contributed by atoms with Gasteiger partial charge in [-0.1, -0.05) is 49.1 Å². The van der Waals surface area contributed by atoms with Crippen LogP contribution in [0.1, 0.15) is 35.1 Å². The molecule has 1 aromatic heterocycles. The molecule has 7 heteroatoms. The molecule has 1 heterocycles. The van der Waals surface area contributed by atoms with Crippen LogP contribution in [-0.4, -0.2) is 40.5 Å². The largest absolute Gasteiger partial charge is 0.473 e. The highest BCUT2D eigenvalue weighted by molar-refractivity contribution is 7.12. The minimum absolute atomic E-state index is 0.265. The minimum atomic E-state index is -1.82. The second kappa shape index (κ2) is 14.4. The topological polar surface area (TPSA) is 104 Å². The number of hydrogen-bond acceptors (Lipinski definition) is 5. The van der Waals surface area contributed by atoms with E-state index >= 15 is 0 Å². The highest BCUT2D eigenvalue weighted by Gasteiger charge is 2.04. The molecule has 0 fully saturated rings. The first-order valence-electron chi connectivity index (χ1n) is 9.18. The standard InChI is InChI=1S/C20H24O2S.C2H2O4/c1-17(15-21)10-11-20-13-12-19(23-20)9-5-6-14-22-16-18-7-3-2-4-8-18;3-1(4)2(5)6/h2-4,7-8,12-13,17,21H,6,10-11,14-16H2,1H3;(H,3,4)(H,5,6). The van der Waals surface area contributed by atoms with Gasteiger partial charge in [0, 0.05) is 17.9 Å². The summed E-state index contributed by atoms with van der Waals surface area (Å²) in [5.74, 6) is 3.10. The summed E-state index contributed by atoms with van der Waals surface area (Å²) >= 11 is 1.75. The summed E-state index contributed by atoms with van der Waals surface area (Å²) in [6.45, 7) is 3.65. The van der Waals surface area contributed by atoms with Crippen LogP contribution in [0.5, 0.6) is 0 Å². The number of carbonyl (C=O) groups is 2. The van der Waals surface area contributed by atoms with Crippen molar-refractivity contribution in [2.75, 3.05) is 13.2 Å². The number of rotatable bonds is 8. The summed E-state index contributed by atoms with van der Waals surface area (Å²) in [6, 6.07) is 14.4. The molecule has 6 nitrogen and oxygen atoms in total. The van der Waals surface area contributed by atoms with Gasteiger partial charge >= 0.3 is 11.9 Å². The summed E-state index contributed by atoms with van der Waals surface area (Å²) in [4.78, 5) is 20.7. The molecule has 0 radical (unpaired) electrons. The van der Waals surface area contributed by atoms with Gasteiger partial charge in [0.25, 0.3) is 0 Å². The van der Waals surface area contributed by atoms with E-state index in [0.29, 0.717) is 19.1 Å². The Balaban J connectivity index is 0.000000612. The molecule has 29 heavy (non-hydrogen) atoms. The van der Waals surface area contributed by atoms with Crippen molar-refractivity contribution >= 4 is 23.3 Å². The maximum atomic E-state index is 9.10. The minimum Gasteiger partial charge on any atom is -0.473 e. The molecule has 2 rings (SSSR count). The fraction of sp³-hybridized carbons (Fsp3) is 0.364. The first-order valence-corrected chi connectivity index (χ1v) is 10.00. The second-order valence-corrected chi connectivity index (χ2v) is 7.46. The molecule has 1 aromatic carbocycles. The number of ether oxygens (including phenoxy) is 1. The number of aryl methyl sites for hydroxylation is 1. The van der Waals surface area contributed by atoms with Crippen molar-refractivity contribution in [1.29, 1.82) is 0 Å². The number of hydrogen-bond donors (Lipinski definition) is 3. The van der Waals surface area contributed by atoms with Crippen molar-refractivity contribution in [3.05, 3.63) is 57.8 Å². The molecular weight excluding hydrogens is 392 g/mol. The van der Waals surface area contributed by atoms with Crippen LogP contribution in [0.15, 0.2) is 42.5 Å². The Morgan fingerprint density at radius 3 is 2.41 bits per heavy atom. The van der Waals surface area contributed by atoms with Crippen LogP contribution in [0.2, 0.25) is 0 Å². The summed E-state index contributed by atoms with van der Waals surface area (Å²) in [7, 11) is 0. The molecule has 1 atom stereocenters. The van der Waals surface area contributed by atoms with Gasteiger partial charge in [0.1, 0.15) is 0 Å². The van der Waals surface area contributed by atoms with Gasteiger partial charge in [-0.05, 0) is 36.5 Å². The number of benzene rings is 1. The van der Waals surface area contributed by atoms with Crippen molar-refractivity contribution < 1.29 is 29.6 Å². The molecule has 0 saturated heterocycles. The number of aliphatic carboxylic acids is 2. The molecule has 0 aliphatic rings. The Morgan fingerprint density at radius 2 is 1.79 bits per heavy atom. The maximum absolute atomic E-state index is 9.10. The fourth-order valence-electron chi connectivity index (χ4n) is 2.10. The highest BCUT2D eigenvalue weighted by Crippen LogP contribution is 2.19. The molecule has 0 bridgehead atoms. The zero-order valence-electron chi connectivity index (χ0n) is 16.3. The van der Waals surface area contributed by atoms with Crippen LogP contribution >= 0.6 is 11.3 Å². The van der Waals surface area contributed by atoms with Crippen molar-refractivity contribution in [2.45, 2.75) is 32.8 Å². The third-order valence-electron chi connectivity index (χ3n) is 3.73. The lowest BCUT2D eigenvalue weighted by molar-refractivity contribution is -0.159. The monoisotopic (exact) mass is 418 g/mol. The molecule has 0 aliphatic carbocycles. The maximum Gasteiger partial charge on any atom is 0.414 e. The van der Waals surface area contributed by atoms with E-state index in [1.165, 1.54) is 10.4 Å². The lowest BCUT2D eigenvalue weighted by Crippen LogP contribution is -2.09. The van der Waals surface area contributed by atoms with E-state index in [9.17, 15) is 0 Å². The Kier molecular flexibility index (Phi) is 12.1. The lowest BCUT2D eigenvalue weighted by atomic mass is 10.1. The van der Waals surface area contributed by atoms with E-state index in [-0.39, 0.29) is 6.61 Å². The second-order valence-electron chi connectivity index (χ2n) is 6.29. The van der Waals surface area contributed by atoms with E-state index in [4.69, 9.17) is 29.6 Å². The molecule has 0 saturated carbocycles. The first kappa shape index (κ1) is 24.4. The predicted octanol–water partition coefficient (Wildman–Crippen LogP) is 3.42. The third kappa shape index (κ3) is 11.7. The number of carboxylic acid groups (broad SMARTS) is 2. The molecule has 156 valence electrons. The van der Waals surface area contributed by atoms with Crippen molar-refractivity contribution in [2.24, 2.45) is 5.92 Å². The van der Waals surface area contributed by atoms with E-state index in [1.54, 1.807) is 11.3 Å². The zero-order valence-corrected chi connectivity index (χ0v) is 17.2. The fourth-order valence-corrected chi connectivity index (χ4v) is 2.99. The Morgan fingerprint density at radius 1 is 1.10 bits per heavy atom. The van der Waals surface area contributed by atoms with Gasteiger partial charge in [-0.15, -0.1) is 11.3 Å². The van der Waals surface area contributed by atoms with Gasteiger partial charge in [-0.3, -0.25) is 0 Å². The average Bonchev–Trinajstić information content (AvgIpc) is 3.17. The quantitative estimate of drug-likeness (QED) is 0.345. The van der Waals surface area contributed by atoms with Gasteiger partial charge in [0.15, 0.2) is 0 Å². The average molecular weight is 419 g/mol. The molecule has 0 amide bonds. The third-order valence-corrected chi connectivity index (χ3v) is 4.79. The van der Waals surface area contributed by atoms with Crippen LogP contribution in [0.3, 0.4) is 0 Å². The van der Waals surface area contributed by atoms with Gasteiger partial charge in [-0.25, -0.2) is 9.59 Å². The van der Waals surface area contributed by atoms with Gasteiger partial charge in [0.05, 0.1) is 18.1 Å². The molecule has 0 aliphatic heterocycles. The van der Waals surface area contributed by atoms with Crippen molar-refractivity contribution in [1.82, 2.24) is 0 Å².